The molecular formula is C19H35N5OS. The van der Waals surface area contributed by atoms with Crippen LogP contribution in [0, 0.1) is 0 Å². The van der Waals surface area contributed by atoms with Gasteiger partial charge in [-0.05, 0) is 37.8 Å². The Morgan fingerprint density at radius 3 is 2.35 bits per heavy atom. The van der Waals surface area contributed by atoms with E-state index in [1.54, 1.807) is 0 Å². The van der Waals surface area contributed by atoms with Crippen LogP contribution < -0.4 is 10.2 Å². The zero-order valence-corrected chi connectivity index (χ0v) is 17.4. The van der Waals surface area contributed by atoms with Crippen molar-refractivity contribution in [3.05, 3.63) is 18.0 Å². The van der Waals surface area contributed by atoms with E-state index in [-0.39, 0.29) is 5.37 Å². The summed E-state index contributed by atoms with van der Waals surface area (Å²) < 4.78 is 5.71. The molecule has 1 N–H and O–H groups in total. The van der Waals surface area contributed by atoms with Gasteiger partial charge in [0.05, 0.1) is 0 Å². The number of rotatable bonds is 11. The molecule has 1 aliphatic rings. The maximum Gasteiger partial charge on any atom is 0.225 e. The van der Waals surface area contributed by atoms with Crippen molar-refractivity contribution in [3.8, 4) is 0 Å². The molecule has 26 heavy (non-hydrogen) atoms. The monoisotopic (exact) mass is 381 g/mol. The van der Waals surface area contributed by atoms with Crippen molar-refractivity contribution in [2.75, 3.05) is 57.4 Å². The fourth-order valence-corrected chi connectivity index (χ4v) is 3.07. The lowest BCUT2D eigenvalue weighted by molar-refractivity contribution is 0.117. The van der Waals surface area contributed by atoms with Crippen LogP contribution in [-0.2, 0) is 4.74 Å². The number of nitrogens with one attached hydrogen (secondary N) is 1. The summed E-state index contributed by atoms with van der Waals surface area (Å²) in [6, 6.07) is 0. The molecule has 1 fully saturated rings. The highest BCUT2D eigenvalue weighted by Gasteiger charge is 2.18. The minimum Gasteiger partial charge on any atom is -0.381 e. The first-order valence-corrected chi connectivity index (χ1v) is 10.4. The highest BCUT2D eigenvalue weighted by molar-refractivity contribution is 7.80. The maximum absolute atomic E-state index is 5.71. The van der Waals surface area contributed by atoms with E-state index >= 15 is 0 Å². The Balaban J connectivity index is 1.54. The molecular weight excluding hydrogens is 346 g/mol. The van der Waals surface area contributed by atoms with Gasteiger partial charge < -0.3 is 15.0 Å². The third-order valence-corrected chi connectivity index (χ3v) is 4.83. The normalized spacial score (nSPS) is 17.0. The summed E-state index contributed by atoms with van der Waals surface area (Å²) in [6.45, 7) is 14.2. The fraction of sp³-hybridized carbons (Fsp3) is 0.789. The zero-order valence-electron chi connectivity index (χ0n) is 16.5. The predicted molar refractivity (Wildman–Crippen MR) is 111 cm³/mol. The van der Waals surface area contributed by atoms with Crippen molar-refractivity contribution < 1.29 is 4.74 Å². The van der Waals surface area contributed by atoms with Crippen LogP contribution >= 0.6 is 12.6 Å². The molecule has 7 heteroatoms. The highest BCUT2D eigenvalue weighted by Crippen LogP contribution is 2.15. The smallest absolute Gasteiger partial charge is 0.225 e. The van der Waals surface area contributed by atoms with Gasteiger partial charge in [0.25, 0.3) is 0 Å². The van der Waals surface area contributed by atoms with Gasteiger partial charge in [0.1, 0.15) is 0 Å². The Labute approximate surface area is 164 Å². The predicted octanol–water partition coefficient (Wildman–Crippen LogP) is 2.38. The summed E-state index contributed by atoms with van der Waals surface area (Å²) in [6.07, 6.45) is 6.06. The third kappa shape index (κ3) is 7.78. The highest BCUT2D eigenvalue weighted by atomic mass is 32.1. The van der Waals surface area contributed by atoms with E-state index in [2.05, 4.69) is 51.6 Å². The van der Waals surface area contributed by atoms with Gasteiger partial charge in [-0.25, -0.2) is 9.97 Å². The van der Waals surface area contributed by atoms with Crippen LogP contribution in [0.15, 0.2) is 12.4 Å². The molecule has 1 atom stereocenters. The SMILES string of the molecule is CC(S)NCCCOCCCN1CCN(c2ncc(C(C)C)cn2)CC1. The Bertz CT molecular complexity index is 489. The van der Waals surface area contributed by atoms with Crippen LogP contribution in [0.2, 0.25) is 0 Å². The first-order chi connectivity index (χ1) is 12.6. The number of anilines is 1. The minimum absolute atomic E-state index is 0.257. The van der Waals surface area contributed by atoms with E-state index in [4.69, 9.17) is 4.74 Å². The summed E-state index contributed by atoms with van der Waals surface area (Å²) in [5, 5.41) is 3.53. The van der Waals surface area contributed by atoms with Gasteiger partial charge in [-0.2, -0.15) is 12.6 Å². The number of aromatic nitrogens is 2. The molecule has 1 aromatic rings. The van der Waals surface area contributed by atoms with E-state index in [0.29, 0.717) is 5.92 Å². The van der Waals surface area contributed by atoms with Gasteiger partial charge in [-0.3, -0.25) is 4.90 Å². The number of nitrogens with zero attached hydrogens (tertiary/aromatic N) is 4. The minimum atomic E-state index is 0.257. The van der Waals surface area contributed by atoms with Crippen LogP contribution in [0.4, 0.5) is 5.95 Å². The first kappa shape index (κ1) is 21.4. The van der Waals surface area contributed by atoms with Gasteiger partial charge in [-0.1, -0.05) is 13.8 Å². The van der Waals surface area contributed by atoms with Crippen molar-refractivity contribution >= 4 is 18.6 Å². The molecule has 1 aliphatic heterocycles. The van der Waals surface area contributed by atoms with E-state index in [0.717, 1.165) is 71.3 Å². The molecule has 2 heterocycles. The third-order valence-electron chi connectivity index (χ3n) is 4.65. The lowest BCUT2D eigenvalue weighted by Crippen LogP contribution is -2.47. The zero-order chi connectivity index (χ0) is 18.8. The van der Waals surface area contributed by atoms with Gasteiger partial charge >= 0.3 is 0 Å². The van der Waals surface area contributed by atoms with Crippen LogP contribution in [0.5, 0.6) is 0 Å². The van der Waals surface area contributed by atoms with E-state index < -0.39 is 0 Å². The Hall–Kier alpha value is -0.890. The van der Waals surface area contributed by atoms with Crippen LogP contribution in [0.25, 0.3) is 0 Å². The van der Waals surface area contributed by atoms with Crippen LogP contribution in [0.3, 0.4) is 0 Å². The molecule has 0 spiro atoms. The fourth-order valence-electron chi connectivity index (χ4n) is 2.94. The van der Waals surface area contributed by atoms with E-state index in [9.17, 15) is 0 Å². The topological polar surface area (TPSA) is 53.5 Å². The van der Waals surface area contributed by atoms with Crippen LogP contribution in [0.1, 0.15) is 45.1 Å². The molecule has 2 rings (SSSR count). The number of thiol groups is 1. The summed E-state index contributed by atoms with van der Waals surface area (Å²) >= 11 is 4.29. The molecule has 0 bridgehead atoms. The summed E-state index contributed by atoms with van der Waals surface area (Å²) in [5.41, 5.74) is 1.20. The molecule has 6 nitrogen and oxygen atoms in total. The molecule has 1 unspecified atom stereocenters. The van der Waals surface area contributed by atoms with Gasteiger partial charge in [0, 0.05) is 63.7 Å². The molecule has 148 valence electrons. The van der Waals surface area contributed by atoms with Crippen LogP contribution in [-0.4, -0.2) is 72.7 Å². The van der Waals surface area contributed by atoms with E-state index in [1.165, 1.54) is 5.56 Å². The van der Waals surface area contributed by atoms with Crippen molar-refractivity contribution in [2.45, 2.75) is 44.9 Å². The molecule has 1 saturated heterocycles. The van der Waals surface area contributed by atoms with Gasteiger partial charge in [-0.15, -0.1) is 0 Å². The molecule has 0 aromatic carbocycles. The second-order valence-electron chi connectivity index (χ2n) is 7.25. The second kappa shape index (κ2) is 11.7. The summed E-state index contributed by atoms with van der Waals surface area (Å²) in [7, 11) is 0. The molecule has 0 radical (unpaired) electrons. The Kier molecular flexibility index (Phi) is 9.67. The van der Waals surface area contributed by atoms with Crippen molar-refractivity contribution in [2.24, 2.45) is 0 Å². The Morgan fingerprint density at radius 2 is 1.73 bits per heavy atom. The van der Waals surface area contributed by atoms with Gasteiger partial charge in [0.15, 0.2) is 0 Å². The van der Waals surface area contributed by atoms with E-state index in [1.807, 2.05) is 19.3 Å². The molecule has 0 saturated carbocycles. The average molecular weight is 382 g/mol. The Morgan fingerprint density at radius 1 is 1.08 bits per heavy atom. The standard InChI is InChI=1S/C19H35N5OS/c1-16(2)18-14-21-19(22-15-18)24-10-8-23(9-11-24)7-5-13-25-12-4-6-20-17(3)26/h14-17,20,26H,4-13H2,1-3H3. The number of hydrogen-bond acceptors (Lipinski definition) is 7. The lowest BCUT2D eigenvalue weighted by Gasteiger charge is -2.34. The molecule has 1 aromatic heterocycles. The van der Waals surface area contributed by atoms with Crippen molar-refractivity contribution in [1.29, 1.82) is 0 Å². The number of ether oxygens (including phenoxy) is 1. The second-order valence-corrected chi connectivity index (χ2v) is 8.02. The largest absolute Gasteiger partial charge is 0.381 e. The first-order valence-electron chi connectivity index (χ1n) is 9.84. The van der Waals surface area contributed by atoms with Gasteiger partial charge in [0.2, 0.25) is 5.95 Å². The quantitative estimate of drug-likeness (QED) is 0.349. The van der Waals surface area contributed by atoms with Crippen molar-refractivity contribution in [1.82, 2.24) is 20.2 Å². The number of piperazine rings is 1. The maximum atomic E-state index is 5.71. The number of hydrogen-bond donors (Lipinski definition) is 2. The summed E-state index contributed by atoms with van der Waals surface area (Å²) in [5.74, 6) is 1.34. The summed E-state index contributed by atoms with van der Waals surface area (Å²) in [4.78, 5) is 13.9. The lowest BCUT2D eigenvalue weighted by atomic mass is 10.1. The molecule has 0 aliphatic carbocycles. The van der Waals surface area contributed by atoms with Crippen molar-refractivity contribution in [3.63, 3.8) is 0 Å². The molecule has 0 amide bonds. The average Bonchev–Trinajstić information content (AvgIpc) is 2.64.